The van der Waals surface area contributed by atoms with Gasteiger partial charge in [-0.2, -0.15) is 13.2 Å². The Morgan fingerprint density at radius 3 is 2.60 bits per heavy atom. The van der Waals surface area contributed by atoms with Gasteiger partial charge in [0, 0.05) is 25.2 Å². The molecule has 2 heterocycles. The Morgan fingerprint density at radius 2 is 1.88 bits per heavy atom. The lowest BCUT2D eigenvalue weighted by molar-refractivity contribution is -0.137. The maximum atomic E-state index is 14.0. The number of nitrogens with one attached hydrogen (secondary N) is 1. The Kier molecular flexibility index (Phi) is 8.15. The van der Waals surface area contributed by atoms with Gasteiger partial charge >= 0.3 is 6.18 Å². The summed E-state index contributed by atoms with van der Waals surface area (Å²) in [5.74, 6) is -0.0993. The van der Waals surface area contributed by atoms with Crippen LogP contribution in [0.1, 0.15) is 61.8 Å². The van der Waals surface area contributed by atoms with Gasteiger partial charge < -0.3 is 14.8 Å². The first-order valence-corrected chi connectivity index (χ1v) is 15.1. The molecule has 43 heavy (non-hydrogen) atoms. The van der Waals surface area contributed by atoms with Crippen molar-refractivity contribution in [1.29, 1.82) is 0 Å². The van der Waals surface area contributed by atoms with Gasteiger partial charge in [-0.1, -0.05) is 49.4 Å². The molecule has 1 N–H and O–H groups in total. The summed E-state index contributed by atoms with van der Waals surface area (Å²) in [5.41, 5.74) is -0.425. The molecule has 1 aromatic heterocycles. The van der Waals surface area contributed by atoms with E-state index < -0.39 is 23.0 Å². The Bertz CT molecular complexity index is 1440. The Hall–Kier alpha value is -3.53. The summed E-state index contributed by atoms with van der Waals surface area (Å²) in [6.45, 7) is 4.04. The normalized spacial score (nSPS) is 29.7. The molecule has 3 aliphatic rings. The zero-order valence-electron chi connectivity index (χ0n) is 24.2. The number of amides is 1. The lowest BCUT2D eigenvalue weighted by Gasteiger charge is -2.40. The van der Waals surface area contributed by atoms with E-state index in [9.17, 15) is 22.4 Å². The van der Waals surface area contributed by atoms with Crippen molar-refractivity contribution in [3.63, 3.8) is 0 Å². The van der Waals surface area contributed by atoms with E-state index in [1.165, 1.54) is 5.56 Å². The number of hydrogen-bond acceptors (Lipinski definition) is 4. The van der Waals surface area contributed by atoms with Crippen molar-refractivity contribution in [2.45, 2.75) is 63.8 Å². The van der Waals surface area contributed by atoms with Crippen LogP contribution in [0.4, 0.5) is 17.6 Å². The fourth-order valence-electron chi connectivity index (χ4n) is 7.44. The lowest BCUT2D eigenvalue weighted by atomic mass is 9.78. The molecule has 1 amide bonds. The number of aromatic nitrogens is 3. The molecule has 10 heteroatoms. The van der Waals surface area contributed by atoms with E-state index in [2.05, 4.69) is 51.6 Å². The molecule has 3 fully saturated rings. The average Bonchev–Trinajstić information content (AvgIpc) is 3.38. The minimum atomic E-state index is -4.66. The number of hydrogen-bond donors (Lipinski definition) is 1. The van der Waals surface area contributed by atoms with Crippen LogP contribution in [0.5, 0.6) is 0 Å². The van der Waals surface area contributed by atoms with Crippen molar-refractivity contribution < 1.29 is 22.4 Å². The third-order valence-electron chi connectivity index (χ3n) is 9.85. The Morgan fingerprint density at radius 1 is 1.12 bits per heavy atom. The molecule has 2 aromatic carbocycles. The molecule has 1 saturated heterocycles. The minimum absolute atomic E-state index is 0.0792. The Labute approximate surface area is 249 Å². The second-order valence-corrected chi connectivity index (χ2v) is 12.6. The van der Waals surface area contributed by atoms with Crippen LogP contribution in [0.3, 0.4) is 0 Å². The molecule has 0 bridgehead atoms. The predicted molar refractivity (Wildman–Crippen MR) is 155 cm³/mol. The van der Waals surface area contributed by atoms with Gasteiger partial charge in [0.1, 0.15) is 18.5 Å². The van der Waals surface area contributed by atoms with Crippen LogP contribution in [0.2, 0.25) is 0 Å². The van der Waals surface area contributed by atoms with Crippen molar-refractivity contribution >= 4 is 12.0 Å². The summed E-state index contributed by atoms with van der Waals surface area (Å²) in [6.07, 6.45) is 7.35. The summed E-state index contributed by atoms with van der Waals surface area (Å²) in [4.78, 5) is 16.5. The summed E-state index contributed by atoms with van der Waals surface area (Å²) in [6, 6.07) is 13.1. The average molecular weight is 596 g/mol. The van der Waals surface area contributed by atoms with E-state index in [0.717, 1.165) is 44.5 Å². The second kappa shape index (κ2) is 11.9. The number of piperidine rings is 1. The SMILES string of the molecule is C[C@H]1CN(C2CCC(C(=O)NCc3cc(F)cc(C(F)(F)F)c3)(C3CC3n3cnnc3)C2)CCC1/C=C\c1ccccc1. The lowest BCUT2D eigenvalue weighted by Crippen LogP contribution is -2.46. The number of carbonyl (C=O) groups excluding carboxylic acids is 1. The molecular weight excluding hydrogens is 558 g/mol. The summed E-state index contributed by atoms with van der Waals surface area (Å²) in [5, 5.41) is 10.8. The van der Waals surface area contributed by atoms with Crippen LogP contribution in [0, 0.1) is 29.0 Å². The molecular formula is C33H37F4N5O. The van der Waals surface area contributed by atoms with Crippen molar-refractivity contribution in [3.8, 4) is 0 Å². The third-order valence-corrected chi connectivity index (χ3v) is 9.85. The standard InChI is InChI=1S/C33H37F4N5O/c1-22-19-41(12-10-25(22)8-7-23-5-3-2-4-6-23)28-9-11-32(17-28,29-16-30(29)42-20-39-40-21-42)31(43)38-18-24-13-26(33(35,36)37)15-27(34)14-24/h2-8,13-15,20-22,25,28-30H,9-12,16-19H2,1H3,(H,38,43)/b8-7-/t22-,25?,28?,29?,30?,32?/m0/s1. The molecule has 1 aliphatic heterocycles. The summed E-state index contributed by atoms with van der Waals surface area (Å²) >= 11 is 0. The number of benzene rings is 2. The smallest absolute Gasteiger partial charge is 0.352 e. The van der Waals surface area contributed by atoms with E-state index in [1.54, 1.807) is 12.7 Å². The van der Waals surface area contributed by atoms with Crippen LogP contribution in [-0.4, -0.2) is 44.7 Å². The fraction of sp³-hybridized carbons (Fsp3) is 0.485. The number of alkyl halides is 3. The van der Waals surface area contributed by atoms with Gasteiger partial charge in [0.05, 0.1) is 11.0 Å². The minimum Gasteiger partial charge on any atom is -0.352 e. The molecule has 0 radical (unpaired) electrons. The molecule has 3 aromatic rings. The quantitative estimate of drug-likeness (QED) is 0.301. The molecule has 2 saturated carbocycles. The van der Waals surface area contributed by atoms with Gasteiger partial charge in [-0.3, -0.25) is 4.79 Å². The van der Waals surface area contributed by atoms with Crippen molar-refractivity contribution in [1.82, 2.24) is 25.0 Å². The highest BCUT2D eigenvalue weighted by Crippen LogP contribution is 2.61. The monoisotopic (exact) mass is 595 g/mol. The zero-order chi connectivity index (χ0) is 30.2. The first kappa shape index (κ1) is 29.5. The highest BCUT2D eigenvalue weighted by Gasteiger charge is 2.60. The first-order chi connectivity index (χ1) is 20.6. The van der Waals surface area contributed by atoms with Gasteiger partial charge in [0.15, 0.2) is 0 Å². The number of likely N-dealkylation sites (tertiary alicyclic amines) is 1. The Balaban J connectivity index is 1.15. The van der Waals surface area contributed by atoms with E-state index in [0.29, 0.717) is 30.7 Å². The van der Waals surface area contributed by atoms with E-state index in [-0.39, 0.29) is 36.0 Å². The maximum Gasteiger partial charge on any atom is 0.416 e. The number of nitrogens with zero attached hydrogens (tertiary/aromatic N) is 4. The largest absolute Gasteiger partial charge is 0.416 e. The maximum absolute atomic E-state index is 14.0. The van der Waals surface area contributed by atoms with Crippen molar-refractivity contribution in [2.24, 2.45) is 23.2 Å². The molecule has 5 unspecified atom stereocenters. The van der Waals surface area contributed by atoms with Crippen LogP contribution in [0.15, 0.2) is 67.3 Å². The van der Waals surface area contributed by atoms with E-state index in [4.69, 9.17) is 0 Å². The van der Waals surface area contributed by atoms with Gasteiger partial charge in [-0.05, 0) is 85.7 Å². The van der Waals surface area contributed by atoms with Crippen molar-refractivity contribution in [3.05, 3.63) is 89.8 Å². The van der Waals surface area contributed by atoms with E-state index >= 15 is 0 Å². The highest BCUT2D eigenvalue weighted by molar-refractivity contribution is 5.84. The molecule has 228 valence electrons. The van der Waals surface area contributed by atoms with Gasteiger partial charge in [-0.15, -0.1) is 10.2 Å². The zero-order valence-corrected chi connectivity index (χ0v) is 24.2. The molecule has 0 spiro atoms. The number of rotatable bonds is 8. The van der Waals surface area contributed by atoms with Gasteiger partial charge in [0.2, 0.25) is 5.91 Å². The van der Waals surface area contributed by atoms with Crippen LogP contribution >= 0.6 is 0 Å². The van der Waals surface area contributed by atoms with Crippen molar-refractivity contribution in [2.75, 3.05) is 13.1 Å². The third kappa shape index (κ3) is 6.39. The molecule has 6 atom stereocenters. The van der Waals surface area contributed by atoms with Crippen LogP contribution in [-0.2, 0) is 17.5 Å². The number of halogens is 4. The number of allylic oxidation sites excluding steroid dienone is 1. The van der Waals surface area contributed by atoms with Gasteiger partial charge in [-0.25, -0.2) is 4.39 Å². The molecule has 6 nitrogen and oxygen atoms in total. The highest BCUT2D eigenvalue weighted by atomic mass is 19.4. The van der Waals surface area contributed by atoms with Crippen LogP contribution < -0.4 is 5.32 Å². The van der Waals surface area contributed by atoms with Gasteiger partial charge in [0.25, 0.3) is 0 Å². The van der Waals surface area contributed by atoms with E-state index in [1.807, 2.05) is 22.8 Å². The second-order valence-electron chi connectivity index (χ2n) is 12.6. The fourth-order valence-corrected chi connectivity index (χ4v) is 7.44. The van der Waals surface area contributed by atoms with Crippen LogP contribution in [0.25, 0.3) is 6.08 Å². The predicted octanol–water partition coefficient (Wildman–Crippen LogP) is 6.52. The topological polar surface area (TPSA) is 63.1 Å². The first-order valence-electron chi connectivity index (χ1n) is 15.1. The molecule has 6 rings (SSSR count). The number of carbonyl (C=O) groups is 1. The molecule has 2 aliphatic carbocycles. The summed E-state index contributed by atoms with van der Waals surface area (Å²) in [7, 11) is 0. The summed E-state index contributed by atoms with van der Waals surface area (Å²) < 4.78 is 55.8.